The molecule has 0 spiro atoms. The summed E-state index contributed by atoms with van der Waals surface area (Å²) < 4.78 is 0. The van der Waals surface area contributed by atoms with E-state index in [0.29, 0.717) is 27.7 Å². The van der Waals surface area contributed by atoms with Crippen LogP contribution in [0, 0.1) is 0 Å². The van der Waals surface area contributed by atoms with Gasteiger partial charge in [0, 0.05) is 12.1 Å². The first-order chi connectivity index (χ1) is 11.9. The van der Waals surface area contributed by atoms with E-state index < -0.39 is 5.54 Å². The van der Waals surface area contributed by atoms with Gasteiger partial charge in [-0.15, -0.1) is 11.3 Å². The van der Waals surface area contributed by atoms with Gasteiger partial charge in [-0.05, 0) is 42.5 Å². The molecule has 0 aliphatic carbocycles. The second kappa shape index (κ2) is 8.47. The van der Waals surface area contributed by atoms with Gasteiger partial charge >= 0.3 is 0 Å². The topological polar surface area (TPSA) is 84.2 Å². The maximum Gasteiger partial charge on any atom is 0.265 e. The van der Waals surface area contributed by atoms with Crippen molar-refractivity contribution in [2.24, 2.45) is 5.73 Å². The second-order valence-corrected chi connectivity index (χ2v) is 7.13. The van der Waals surface area contributed by atoms with Crippen molar-refractivity contribution in [3.05, 3.63) is 51.2 Å². The maximum absolute atomic E-state index is 12.6. The standard InChI is InChI=1S/C18H22ClN3O2S/c1-3-18(4-2,11-20)22-16(23)12-7-8-13(19)14(10-12)21-17(24)15-6-5-9-25-15/h5-10H,3-4,11,20H2,1-2H3,(H,21,24)(H,22,23). The zero-order valence-corrected chi connectivity index (χ0v) is 15.8. The molecule has 0 unspecified atom stereocenters. The Bertz CT molecular complexity index is 735. The third-order valence-electron chi connectivity index (χ3n) is 4.34. The van der Waals surface area contributed by atoms with Gasteiger partial charge < -0.3 is 16.4 Å². The molecular formula is C18H22ClN3O2S. The Kier molecular flexibility index (Phi) is 6.58. The largest absolute Gasteiger partial charge is 0.345 e. The number of thiophene rings is 1. The highest BCUT2D eigenvalue weighted by Crippen LogP contribution is 2.25. The van der Waals surface area contributed by atoms with Crippen molar-refractivity contribution in [3.63, 3.8) is 0 Å². The van der Waals surface area contributed by atoms with E-state index in [1.54, 1.807) is 30.3 Å². The molecule has 0 radical (unpaired) electrons. The Balaban J connectivity index is 2.20. The number of halogens is 1. The summed E-state index contributed by atoms with van der Waals surface area (Å²) >= 11 is 7.49. The summed E-state index contributed by atoms with van der Waals surface area (Å²) in [5.41, 5.74) is 6.23. The van der Waals surface area contributed by atoms with E-state index in [-0.39, 0.29) is 11.8 Å². The summed E-state index contributed by atoms with van der Waals surface area (Å²) in [5.74, 6) is -0.495. The van der Waals surface area contributed by atoms with E-state index in [1.165, 1.54) is 11.3 Å². The normalized spacial score (nSPS) is 11.2. The lowest BCUT2D eigenvalue weighted by Gasteiger charge is -2.31. The SMILES string of the molecule is CCC(CC)(CN)NC(=O)c1ccc(Cl)c(NC(=O)c2cccs2)c1. The van der Waals surface area contributed by atoms with Crippen molar-refractivity contribution in [1.29, 1.82) is 0 Å². The first-order valence-electron chi connectivity index (χ1n) is 8.11. The lowest BCUT2D eigenvalue weighted by Crippen LogP contribution is -2.52. The van der Waals surface area contributed by atoms with Gasteiger partial charge in [-0.3, -0.25) is 9.59 Å². The first-order valence-corrected chi connectivity index (χ1v) is 9.37. The number of benzene rings is 1. The number of carbonyl (C=O) groups is 2. The number of hydrogen-bond donors (Lipinski definition) is 3. The summed E-state index contributed by atoms with van der Waals surface area (Å²) in [4.78, 5) is 25.4. The molecule has 0 aliphatic rings. The Hall–Kier alpha value is -1.89. The Morgan fingerprint density at radius 2 is 1.92 bits per heavy atom. The van der Waals surface area contributed by atoms with Crippen LogP contribution in [0.1, 0.15) is 46.7 Å². The van der Waals surface area contributed by atoms with Gasteiger partial charge in [0.2, 0.25) is 0 Å². The van der Waals surface area contributed by atoms with E-state index in [2.05, 4.69) is 10.6 Å². The lowest BCUT2D eigenvalue weighted by atomic mass is 9.92. The molecule has 1 aromatic heterocycles. The second-order valence-electron chi connectivity index (χ2n) is 5.77. The number of nitrogens with two attached hydrogens (primary N) is 1. The molecule has 0 bridgehead atoms. The van der Waals surface area contributed by atoms with E-state index >= 15 is 0 Å². The van der Waals surface area contributed by atoms with Gasteiger partial charge in [-0.1, -0.05) is 31.5 Å². The number of amides is 2. The molecule has 0 atom stereocenters. The molecule has 1 aromatic carbocycles. The van der Waals surface area contributed by atoms with E-state index in [9.17, 15) is 9.59 Å². The Morgan fingerprint density at radius 3 is 2.48 bits per heavy atom. The average molecular weight is 380 g/mol. The maximum atomic E-state index is 12.6. The minimum atomic E-state index is -0.433. The predicted molar refractivity (Wildman–Crippen MR) is 104 cm³/mol. The van der Waals surface area contributed by atoms with Crippen molar-refractivity contribution in [3.8, 4) is 0 Å². The highest BCUT2D eigenvalue weighted by atomic mass is 35.5. The van der Waals surface area contributed by atoms with Crippen LogP contribution in [0.15, 0.2) is 35.7 Å². The van der Waals surface area contributed by atoms with E-state index in [0.717, 1.165) is 12.8 Å². The van der Waals surface area contributed by atoms with E-state index in [1.807, 2.05) is 19.2 Å². The first kappa shape index (κ1) is 19.4. The average Bonchev–Trinajstić information content (AvgIpc) is 3.16. The van der Waals surface area contributed by atoms with Crippen molar-refractivity contribution < 1.29 is 9.59 Å². The zero-order valence-electron chi connectivity index (χ0n) is 14.3. The smallest absolute Gasteiger partial charge is 0.265 e. The van der Waals surface area contributed by atoms with Gasteiger partial charge in [0.15, 0.2) is 0 Å². The van der Waals surface area contributed by atoms with Gasteiger partial charge in [0.1, 0.15) is 0 Å². The molecule has 25 heavy (non-hydrogen) atoms. The number of nitrogens with one attached hydrogen (secondary N) is 2. The predicted octanol–water partition coefficient (Wildman–Crippen LogP) is 3.90. The highest BCUT2D eigenvalue weighted by molar-refractivity contribution is 7.12. The quantitative estimate of drug-likeness (QED) is 0.682. The van der Waals surface area contributed by atoms with Gasteiger partial charge in [-0.2, -0.15) is 0 Å². The molecule has 4 N–H and O–H groups in total. The minimum absolute atomic E-state index is 0.238. The van der Waals surface area contributed by atoms with Crippen LogP contribution in [0.4, 0.5) is 5.69 Å². The van der Waals surface area contributed by atoms with Crippen LogP contribution in [0.25, 0.3) is 0 Å². The zero-order chi connectivity index (χ0) is 18.4. The summed E-state index contributed by atoms with van der Waals surface area (Å²) in [6, 6.07) is 8.33. The van der Waals surface area contributed by atoms with Crippen LogP contribution in [0.2, 0.25) is 5.02 Å². The van der Waals surface area contributed by atoms with Crippen molar-refractivity contribution in [2.45, 2.75) is 32.2 Å². The van der Waals surface area contributed by atoms with Gasteiger partial charge in [0.05, 0.1) is 21.1 Å². The van der Waals surface area contributed by atoms with Gasteiger partial charge in [-0.25, -0.2) is 0 Å². The molecule has 2 rings (SSSR count). The van der Waals surface area contributed by atoms with Gasteiger partial charge in [0.25, 0.3) is 11.8 Å². The third kappa shape index (κ3) is 4.60. The Labute approximate surface area is 156 Å². The Morgan fingerprint density at radius 1 is 1.20 bits per heavy atom. The van der Waals surface area contributed by atoms with Crippen LogP contribution >= 0.6 is 22.9 Å². The van der Waals surface area contributed by atoms with Crippen LogP contribution in [-0.2, 0) is 0 Å². The molecule has 7 heteroatoms. The third-order valence-corrected chi connectivity index (χ3v) is 5.54. The summed E-state index contributed by atoms with van der Waals surface area (Å²) in [5, 5.41) is 7.95. The van der Waals surface area contributed by atoms with Crippen LogP contribution < -0.4 is 16.4 Å². The number of anilines is 1. The molecular weight excluding hydrogens is 358 g/mol. The van der Waals surface area contributed by atoms with Crippen molar-refractivity contribution in [2.75, 3.05) is 11.9 Å². The molecule has 0 fully saturated rings. The summed E-state index contributed by atoms with van der Waals surface area (Å²) in [6.07, 6.45) is 1.47. The monoisotopic (exact) mass is 379 g/mol. The number of carbonyl (C=O) groups excluding carboxylic acids is 2. The molecule has 0 aliphatic heterocycles. The number of rotatable bonds is 7. The molecule has 5 nitrogen and oxygen atoms in total. The fraction of sp³-hybridized carbons (Fsp3) is 0.333. The van der Waals surface area contributed by atoms with Crippen LogP contribution in [0.3, 0.4) is 0 Å². The molecule has 1 heterocycles. The molecule has 0 saturated heterocycles. The van der Waals surface area contributed by atoms with Crippen LogP contribution in [-0.4, -0.2) is 23.9 Å². The lowest BCUT2D eigenvalue weighted by molar-refractivity contribution is 0.0894. The van der Waals surface area contributed by atoms with Crippen molar-refractivity contribution in [1.82, 2.24) is 5.32 Å². The van der Waals surface area contributed by atoms with Crippen LogP contribution in [0.5, 0.6) is 0 Å². The number of hydrogen-bond acceptors (Lipinski definition) is 4. The molecule has 0 saturated carbocycles. The van der Waals surface area contributed by atoms with Crippen molar-refractivity contribution >= 4 is 40.4 Å². The molecule has 134 valence electrons. The summed E-state index contributed by atoms with van der Waals surface area (Å²) in [6.45, 7) is 4.34. The fourth-order valence-electron chi connectivity index (χ4n) is 2.43. The fourth-order valence-corrected chi connectivity index (χ4v) is 3.22. The minimum Gasteiger partial charge on any atom is -0.345 e. The highest BCUT2D eigenvalue weighted by Gasteiger charge is 2.27. The molecule has 2 aromatic rings. The van der Waals surface area contributed by atoms with E-state index in [4.69, 9.17) is 17.3 Å². The molecule has 2 amide bonds. The summed E-state index contributed by atoms with van der Waals surface area (Å²) in [7, 11) is 0.